The fourth-order valence-corrected chi connectivity index (χ4v) is 11.1. The van der Waals surface area contributed by atoms with E-state index in [1.165, 1.54) is 48.5 Å². The molecule has 2 heterocycles. The van der Waals surface area contributed by atoms with Gasteiger partial charge in [-0.25, -0.2) is 17.6 Å². The first-order valence-corrected chi connectivity index (χ1v) is 19.1. The van der Waals surface area contributed by atoms with Gasteiger partial charge in [-0.05, 0) is 93.3 Å². The summed E-state index contributed by atoms with van der Waals surface area (Å²) in [6.07, 6.45) is 0.353. The van der Waals surface area contributed by atoms with Crippen molar-refractivity contribution in [2.24, 2.45) is 0 Å². The number of aromatic nitrogens is 1. The van der Waals surface area contributed by atoms with E-state index in [1.807, 2.05) is 78.9 Å². The quantitative estimate of drug-likeness (QED) is 0.127. The van der Waals surface area contributed by atoms with E-state index < -0.39 is 43.0 Å². The van der Waals surface area contributed by atoms with E-state index in [-0.39, 0.29) is 12.8 Å². The second-order valence-electron chi connectivity index (χ2n) is 13.2. The minimum Gasteiger partial charge on any atom is -0.373 e. The Morgan fingerprint density at radius 3 is 0.981 bits per heavy atom. The van der Waals surface area contributed by atoms with Crippen molar-refractivity contribution in [1.29, 1.82) is 0 Å². The Bertz CT molecular complexity index is 2070. The van der Waals surface area contributed by atoms with Crippen LogP contribution in [0.25, 0.3) is 0 Å². The van der Waals surface area contributed by atoms with Gasteiger partial charge in [-0.1, -0.05) is 115 Å². The van der Waals surface area contributed by atoms with E-state index in [4.69, 9.17) is 13.8 Å². The molecular formula is C45H33F4NO2Si. The molecule has 8 heteroatoms. The molecule has 3 nitrogen and oxygen atoms in total. The maximum atomic E-state index is 14.7. The zero-order chi connectivity index (χ0) is 36.5. The largest absolute Gasteiger partial charge is 0.409 e. The number of hydrogen-bond donors (Lipinski definition) is 0. The summed E-state index contributed by atoms with van der Waals surface area (Å²) < 4.78 is 74.8. The Labute approximate surface area is 306 Å². The summed E-state index contributed by atoms with van der Waals surface area (Å²) in [6.45, 7) is 0. The minimum absolute atomic E-state index is 0.177. The number of hydrogen-bond acceptors (Lipinski definition) is 3. The molecular weight excluding hydrogens is 691 g/mol. The van der Waals surface area contributed by atoms with Gasteiger partial charge in [-0.2, -0.15) is 0 Å². The molecule has 0 aliphatic carbocycles. The molecule has 0 radical (unpaired) electrons. The number of halogens is 4. The molecule has 0 fully saturated rings. The van der Waals surface area contributed by atoms with Crippen molar-refractivity contribution >= 4 is 18.9 Å². The normalized spacial score (nSPS) is 16.1. The van der Waals surface area contributed by atoms with Crippen LogP contribution < -0.4 is 10.4 Å². The van der Waals surface area contributed by atoms with Gasteiger partial charge in [0.25, 0.3) is 0 Å². The molecule has 0 saturated heterocycles. The molecule has 1 aromatic heterocycles. The van der Waals surface area contributed by atoms with Gasteiger partial charge in [-0.15, -0.1) is 0 Å². The van der Waals surface area contributed by atoms with Crippen LogP contribution in [0.4, 0.5) is 17.6 Å². The van der Waals surface area contributed by atoms with E-state index in [9.17, 15) is 17.6 Å². The van der Waals surface area contributed by atoms with Gasteiger partial charge in [0.1, 0.15) is 34.5 Å². The van der Waals surface area contributed by atoms with Gasteiger partial charge in [-0.3, -0.25) is 4.98 Å². The van der Waals surface area contributed by atoms with Crippen LogP contribution in [-0.4, -0.2) is 13.5 Å². The Balaban J connectivity index is 1.54. The van der Waals surface area contributed by atoms with E-state index in [0.29, 0.717) is 33.6 Å². The first kappa shape index (κ1) is 34.4. The van der Waals surface area contributed by atoms with Crippen molar-refractivity contribution in [2.45, 2.75) is 24.0 Å². The van der Waals surface area contributed by atoms with Crippen molar-refractivity contribution < 1.29 is 26.4 Å². The lowest BCUT2D eigenvalue weighted by Gasteiger charge is -2.49. The number of pyridine rings is 1. The molecule has 0 N–H and O–H groups in total. The van der Waals surface area contributed by atoms with Crippen LogP contribution >= 0.6 is 0 Å². The van der Waals surface area contributed by atoms with E-state index >= 15 is 0 Å². The highest BCUT2D eigenvalue weighted by Crippen LogP contribution is 2.46. The second kappa shape index (κ2) is 14.0. The molecule has 6 aromatic carbocycles. The van der Waals surface area contributed by atoms with Crippen molar-refractivity contribution in [1.82, 2.24) is 4.98 Å². The smallest absolute Gasteiger partial charge is 0.373 e. The number of nitrogens with zero attached hydrogens (tertiary/aromatic N) is 1. The highest BCUT2D eigenvalue weighted by molar-refractivity contribution is 6.92. The topological polar surface area (TPSA) is 31.4 Å². The standard InChI is InChI=1S/C45H33F4NO2Si/c46-36-22-14-32(15-23-36)44(33-16-24-37(47)25-17-33)30-40-8-7-9-41(50-40)31-45(34-18-26-38(48)27-19-34,35-20-28-39(49)29-21-35)52-53(51-44,42-10-3-1-4-11-42)43-12-5-2-6-13-43/h1-29H,30-31H2. The monoisotopic (exact) mass is 723 g/mol. The fourth-order valence-electron chi connectivity index (χ4n) is 7.39. The van der Waals surface area contributed by atoms with Crippen LogP contribution in [0.15, 0.2) is 176 Å². The summed E-state index contributed by atoms with van der Waals surface area (Å²) in [5, 5.41) is 1.48. The molecule has 2 bridgehead atoms. The van der Waals surface area contributed by atoms with E-state index in [0.717, 1.165) is 10.4 Å². The second-order valence-corrected chi connectivity index (χ2v) is 16.0. The molecule has 0 saturated carbocycles. The lowest BCUT2D eigenvalue weighted by molar-refractivity contribution is 0.00851. The molecule has 0 amide bonds. The Morgan fingerprint density at radius 2 is 0.679 bits per heavy atom. The van der Waals surface area contributed by atoms with Crippen molar-refractivity contribution in [3.8, 4) is 0 Å². The van der Waals surface area contributed by atoms with Crippen LogP contribution in [0, 0.1) is 23.3 Å². The summed E-state index contributed by atoms with van der Waals surface area (Å²) in [5.41, 5.74) is 0.849. The maximum Gasteiger partial charge on any atom is 0.409 e. The third-order valence-electron chi connectivity index (χ3n) is 9.91. The van der Waals surface area contributed by atoms with Crippen LogP contribution in [0.1, 0.15) is 33.6 Å². The molecule has 262 valence electrons. The zero-order valence-corrected chi connectivity index (χ0v) is 29.4. The Kier molecular flexibility index (Phi) is 9.12. The van der Waals surface area contributed by atoms with Gasteiger partial charge in [0.15, 0.2) is 0 Å². The highest BCUT2D eigenvalue weighted by Gasteiger charge is 2.56. The molecule has 53 heavy (non-hydrogen) atoms. The molecule has 0 unspecified atom stereocenters. The van der Waals surface area contributed by atoms with Crippen molar-refractivity contribution in [3.05, 3.63) is 233 Å². The highest BCUT2D eigenvalue weighted by atomic mass is 28.4. The third-order valence-corrected chi connectivity index (χ3v) is 13.4. The van der Waals surface area contributed by atoms with Gasteiger partial charge >= 0.3 is 8.56 Å². The first-order valence-electron chi connectivity index (χ1n) is 17.3. The van der Waals surface area contributed by atoms with Crippen molar-refractivity contribution in [2.75, 3.05) is 0 Å². The fraction of sp³-hybridized carbons (Fsp3) is 0.0889. The summed E-state index contributed by atoms with van der Waals surface area (Å²) in [7, 11) is -4.16. The lowest BCUT2D eigenvalue weighted by Crippen LogP contribution is -2.69. The van der Waals surface area contributed by atoms with Crippen LogP contribution in [0.5, 0.6) is 0 Å². The molecule has 1 aliphatic rings. The predicted octanol–water partition coefficient (Wildman–Crippen LogP) is 8.91. The van der Waals surface area contributed by atoms with Gasteiger partial charge < -0.3 is 8.85 Å². The third kappa shape index (κ3) is 6.50. The lowest BCUT2D eigenvalue weighted by atomic mass is 9.81. The predicted molar refractivity (Wildman–Crippen MR) is 199 cm³/mol. The van der Waals surface area contributed by atoms with Crippen LogP contribution in [0.2, 0.25) is 0 Å². The van der Waals surface area contributed by atoms with Crippen LogP contribution in [-0.2, 0) is 32.9 Å². The molecule has 0 atom stereocenters. The number of fused-ring (bicyclic) bond motifs is 2. The van der Waals surface area contributed by atoms with Gasteiger partial charge in [0.05, 0.1) is 0 Å². The van der Waals surface area contributed by atoms with Gasteiger partial charge in [0, 0.05) is 24.2 Å². The van der Waals surface area contributed by atoms with E-state index in [1.54, 1.807) is 48.5 Å². The summed E-state index contributed by atoms with van der Waals surface area (Å²) >= 11 is 0. The van der Waals surface area contributed by atoms with Gasteiger partial charge in [0.2, 0.25) is 0 Å². The minimum atomic E-state index is -4.16. The average molecular weight is 724 g/mol. The number of benzene rings is 6. The summed E-state index contributed by atoms with van der Waals surface area (Å²) in [4.78, 5) is 5.15. The Hall–Kier alpha value is -5.67. The number of rotatable bonds is 6. The molecule has 1 aliphatic heterocycles. The van der Waals surface area contributed by atoms with Crippen molar-refractivity contribution in [3.63, 3.8) is 0 Å². The Morgan fingerprint density at radius 1 is 0.377 bits per heavy atom. The summed E-state index contributed by atoms with van der Waals surface area (Å²) in [6, 6.07) is 49.5. The molecule has 8 rings (SSSR count). The molecule has 7 aromatic rings. The maximum absolute atomic E-state index is 14.7. The molecule has 0 spiro atoms. The average Bonchev–Trinajstić information content (AvgIpc) is 3.19. The first-order chi connectivity index (χ1) is 25.8. The SMILES string of the molecule is Fc1ccc(C2(c3ccc(F)cc3)Cc3cccc(n3)CC(c3ccc(F)cc3)(c3ccc(F)cc3)O[Si](c3ccccc3)(c3ccccc3)O2)cc1. The van der Waals surface area contributed by atoms with Crippen LogP contribution in [0.3, 0.4) is 0 Å². The summed E-state index contributed by atoms with van der Waals surface area (Å²) in [5.74, 6) is -1.72. The zero-order valence-electron chi connectivity index (χ0n) is 28.4. The van der Waals surface area contributed by atoms with E-state index in [2.05, 4.69) is 0 Å².